The topological polar surface area (TPSA) is 68.0 Å². The van der Waals surface area contributed by atoms with E-state index in [1.807, 2.05) is 38.1 Å². The summed E-state index contributed by atoms with van der Waals surface area (Å²) in [4.78, 5) is 14.7. The number of aliphatic carboxylic acids is 1. The number of carboxylic acids is 1. The van der Waals surface area contributed by atoms with Crippen molar-refractivity contribution in [2.24, 2.45) is 0 Å². The van der Waals surface area contributed by atoms with Crippen molar-refractivity contribution in [2.45, 2.75) is 25.7 Å². The summed E-state index contributed by atoms with van der Waals surface area (Å²) in [7, 11) is 0. The Bertz CT molecular complexity index is 530. The molecule has 0 fully saturated rings. The highest BCUT2D eigenvalue weighted by molar-refractivity contribution is 5.68. The first kappa shape index (κ1) is 12.3. The number of nitrogens with zero attached hydrogens (tertiary/aromatic N) is 3. The van der Waals surface area contributed by atoms with Crippen molar-refractivity contribution in [2.75, 3.05) is 0 Å². The van der Waals surface area contributed by atoms with Crippen LogP contribution in [0.2, 0.25) is 0 Å². The molecule has 1 heterocycles. The van der Waals surface area contributed by atoms with E-state index in [0.717, 1.165) is 11.3 Å². The van der Waals surface area contributed by atoms with Crippen LogP contribution in [0.25, 0.3) is 5.69 Å². The third-order valence-corrected chi connectivity index (χ3v) is 2.93. The highest BCUT2D eigenvalue weighted by Gasteiger charge is 2.23. The first-order valence-corrected chi connectivity index (χ1v) is 5.66. The minimum Gasteiger partial charge on any atom is -0.481 e. The summed E-state index contributed by atoms with van der Waals surface area (Å²) < 4.78 is 1.66. The molecule has 5 nitrogen and oxygen atoms in total. The molecule has 94 valence electrons. The van der Waals surface area contributed by atoms with Gasteiger partial charge in [0.1, 0.15) is 12.7 Å². The second kappa shape index (κ2) is 4.60. The molecule has 5 heteroatoms. The zero-order valence-electron chi connectivity index (χ0n) is 10.4. The average molecular weight is 245 g/mol. The molecular weight excluding hydrogens is 230 g/mol. The van der Waals surface area contributed by atoms with Gasteiger partial charge in [0.05, 0.1) is 12.1 Å². The Morgan fingerprint density at radius 1 is 1.33 bits per heavy atom. The number of hydrogen-bond donors (Lipinski definition) is 1. The van der Waals surface area contributed by atoms with Gasteiger partial charge in [-0.1, -0.05) is 26.0 Å². The van der Waals surface area contributed by atoms with Crippen molar-refractivity contribution in [3.05, 3.63) is 42.5 Å². The molecular formula is C13H15N3O2. The maximum Gasteiger partial charge on any atom is 0.304 e. The van der Waals surface area contributed by atoms with Crippen LogP contribution in [0.3, 0.4) is 0 Å². The molecule has 0 amide bonds. The van der Waals surface area contributed by atoms with Crippen molar-refractivity contribution >= 4 is 5.97 Å². The number of aromatic nitrogens is 3. The number of carbonyl (C=O) groups is 1. The largest absolute Gasteiger partial charge is 0.481 e. The molecule has 0 aliphatic carbocycles. The molecule has 0 unspecified atom stereocenters. The standard InChI is InChI=1S/C13H15N3O2/c1-13(2,7-12(17)18)10-3-5-11(6-4-10)16-9-14-8-15-16/h3-6,8-9H,7H2,1-2H3,(H,17,18). The minimum absolute atomic E-state index is 0.107. The van der Waals surface area contributed by atoms with Crippen LogP contribution in [-0.2, 0) is 10.2 Å². The van der Waals surface area contributed by atoms with Crippen LogP contribution in [0.15, 0.2) is 36.9 Å². The zero-order valence-corrected chi connectivity index (χ0v) is 10.4. The van der Waals surface area contributed by atoms with E-state index < -0.39 is 5.97 Å². The van der Waals surface area contributed by atoms with Gasteiger partial charge in [-0.2, -0.15) is 5.10 Å². The van der Waals surface area contributed by atoms with E-state index in [0.29, 0.717) is 0 Å². The first-order valence-electron chi connectivity index (χ1n) is 5.66. The Labute approximate surface area is 105 Å². The van der Waals surface area contributed by atoms with Crippen molar-refractivity contribution < 1.29 is 9.90 Å². The molecule has 2 aromatic rings. The number of rotatable bonds is 4. The van der Waals surface area contributed by atoms with Gasteiger partial charge in [-0.05, 0) is 17.7 Å². The maximum absolute atomic E-state index is 10.8. The average Bonchev–Trinajstić information content (AvgIpc) is 2.81. The predicted octanol–water partition coefficient (Wildman–Crippen LogP) is 2.02. The van der Waals surface area contributed by atoms with Gasteiger partial charge < -0.3 is 5.11 Å². The lowest BCUT2D eigenvalue weighted by Gasteiger charge is -2.23. The Morgan fingerprint density at radius 2 is 2.00 bits per heavy atom. The number of benzene rings is 1. The molecule has 0 atom stereocenters. The highest BCUT2D eigenvalue weighted by atomic mass is 16.4. The molecule has 0 radical (unpaired) electrons. The van der Waals surface area contributed by atoms with Crippen molar-refractivity contribution in [3.8, 4) is 5.69 Å². The second-order valence-electron chi connectivity index (χ2n) is 4.84. The first-order chi connectivity index (χ1) is 8.49. The summed E-state index contributed by atoms with van der Waals surface area (Å²) in [6.45, 7) is 3.84. The molecule has 1 aromatic heterocycles. The van der Waals surface area contributed by atoms with Gasteiger partial charge in [0.2, 0.25) is 0 Å². The van der Waals surface area contributed by atoms with E-state index in [2.05, 4.69) is 10.1 Å². The molecule has 0 spiro atoms. The van der Waals surface area contributed by atoms with E-state index >= 15 is 0 Å². The van der Waals surface area contributed by atoms with E-state index in [9.17, 15) is 4.79 Å². The third kappa shape index (κ3) is 2.56. The maximum atomic E-state index is 10.8. The number of hydrogen-bond acceptors (Lipinski definition) is 3. The highest BCUT2D eigenvalue weighted by Crippen LogP contribution is 2.27. The molecule has 0 saturated heterocycles. The molecule has 1 aromatic carbocycles. The number of carboxylic acid groups (broad SMARTS) is 1. The van der Waals surface area contributed by atoms with E-state index in [4.69, 9.17) is 5.11 Å². The van der Waals surface area contributed by atoms with Gasteiger partial charge in [0.25, 0.3) is 0 Å². The molecule has 0 aliphatic heterocycles. The quantitative estimate of drug-likeness (QED) is 0.894. The molecule has 0 saturated carbocycles. The fraction of sp³-hybridized carbons (Fsp3) is 0.308. The smallest absolute Gasteiger partial charge is 0.304 e. The lowest BCUT2D eigenvalue weighted by Crippen LogP contribution is -2.21. The minimum atomic E-state index is -0.791. The van der Waals surface area contributed by atoms with Crippen molar-refractivity contribution in [1.29, 1.82) is 0 Å². The summed E-state index contributed by atoms with van der Waals surface area (Å²) in [5.74, 6) is -0.791. The molecule has 0 aliphatic rings. The molecule has 18 heavy (non-hydrogen) atoms. The fourth-order valence-electron chi connectivity index (χ4n) is 1.89. The fourth-order valence-corrected chi connectivity index (χ4v) is 1.89. The van der Waals surface area contributed by atoms with Gasteiger partial charge in [0.15, 0.2) is 0 Å². The van der Waals surface area contributed by atoms with Gasteiger partial charge in [-0.3, -0.25) is 4.79 Å². The van der Waals surface area contributed by atoms with Gasteiger partial charge in [-0.15, -0.1) is 0 Å². The molecule has 1 N–H and O–H groups in total. The summed E-state index contributed by atoms with van der Waals surface area (Å²) >= 11 is 0. The predicted molar refractivity (Wildman–Crippen MR) is 66.6 cm³/mol. The lowest BCUT2D eigenvalue weighted by atomic mass is 9.81. The van der Waals surface area contributed by atoms with E-state index in [-0.39, 0.29) is 11.8 Å². The van der Waals surface area contributed by atoms with Crippen LogP contribution in [-0.4, -0.2) is 25.8 Å². The second-order valence-corrected chi connectivity index (χ2v) is 4.84. The van der Waals surface area contributed by atoms with E-state index in [1.165, 1.54) is 6.33 Å². The third-order valence-electron chi connectivity index (χ3n) is 2.93. The van der Waals surface area contributed by atoms with Crippen molar-refractivity contribution in [3.63, 3.8) is 0 Å². The van der Waals surface area contributed by atoms with Gasteiger partial charge >= 0.3 is 5.97 Å². The van der Waals surface area contributed by atoms with Gasteiger partial charge in [0, 0.05) is 5.41 Å². The van der Waals surface area contributed by atoms with Crippen LogP contribution in [0, 0.1) is 0 Å². The summed E-state index contributed by atoms with van der Waals surface area (Å²) in [6.07, 6.45) is 3.20. The summed E-state index contributed by atoms with van der Waals surface area (Å²) in [6, 6.07) is 7.68. The SMILES string of the molecule is CC(C)(CC(=O)O)c1ccc(-n2cncn2)cc1. The normalized spacial score (nSPS) is 11.4. The van der Waals surface area contributed by atoms with Crippen LogP contribution in [0.5, 0.6) is 0 Å². The Morgan fingerprint density at radius 3 is 2.50 bits per heavy atom. The summed E-state index contributed by atoms with van der Waals surface area (Å²) in [5.41, 5.74) is 1.52. The van der Waals surface area contributed by atoms with Crippen molar-refractivity contribution in [1.82, 2.24) is 14.8 Å². The zero-order chi connectivity index (χ0) is 13.2. The Kier molecular flexibility index (Phi) is 3.14. The molecule has 2 rings (SSSR count). The monoisotopic (exact) mass is 245 g/mol. The summed E-state index contributed by atoms with van der Waals surface area (Å²) in [5, 5.41) is 12.9. The van der Waals surface area contributed by atoms with Crippen LogP contribution < -0.4 is 0 Å². The van der Waals surface area contributed by atoms with Crippen LogP contribution >= 0.6 is 0 Å². The van der Waals surface area contributed by atoms with E-state index in [1.54, 1.807) is 11.0 Å². The lowest BCUT2D eigenvalue weighted by molar-refractivity contribution is -0.138. The Hall–Kier alpha value is -2.17. The van der Waals surface area contributed by atoms with Crippen LogP contribution in [0.4, 0.5) is 0 Å². The molecule has 0 bridgehead atoms. The van der Waals surface area contributed by atoms with Crippen LogP contribution in [0.1, 0.15) is 25.8 Å². The Balaban J connectivity index is 2.25. The van der Waals surface area contributed by atoms with Gasteiger partial charge in [-0.25, -0.2) is 9.67 Å².